The van der Waals surface area contributed by atoms with Crippen molar-refractivity contribution in [2.75, 3.05) is 19.6 Å². The van der Waals surface area contributed by atoms with Crippen LogP contribution in [0.15, 0.2) is 0 Å². The molecular weight excluding hydrogens is 200 g/mol. The molecule has 1 fully saturated rings. The molecule has 4 heteroatoms. The van der Waals surface area contributed by atoms with Crippen molar-refractivity contribution in [3.05, 3.63) is 0 Å². The molecule has 0 aromatic carbocycles. The molecule has 1 saturated heterocycles. The van der Waals surface area contributed by atoms with Gasteiger partial charge in [-0.3, -0.25) is 9.69 Å². The van der Waals surface area contributed by atoms with E-state index in [1.54, 1.807) is 0 Å². The number of nitrogens with zero attached hydrogens (tertiary/aromatic N) is 1. The molecule has 1 rings (SSSR count). The first-order chi connectivity index (χ1) is 6.71. The number of carbonyl (C=O) groups excluding carboxylic acids is 1. The summed E-state index contributed by atoms with van der Waals surface area (Å²) in [4.78, 5) is 13.5. The van der Waals surface area contributed by atoms with Gasteiger partial charge in [0.25, 0.3) is 5.92 Å². The van der Waals surface area contributed by atoms with Crippen LogP contribution < -0.4 is 0 Å². The summed E-state index contributed by atoms with van der Waals surface area (Å²) in [6.45, 7) is 6.53. The average Bonchev–Trinajstić information content (AvgIpc) is 2.07. The van der Waals surface area contributed by atoms with E-state index < -0.39 is 5.92 Å². The maximum absolute atomic E-state index is 12.8. The van der Waals surface area contributed by atoms with Crippen molar-refractivity contribution in [2.24, 2.45) is 5.41 Å². The highest BCUT2D eigenvalue weighted by molar-refractivity contribution is 5.85. The summed E-state index contributed by atoms with van der Waals surface area (Å²) in [5, 5.41) is 0. The second-order valence-electron chi connectivity index (χ2n) is 5.31. The predicted octanol–water partition coefficient (Wildman–Crippen LogP) is 2.33. The first-order valence-corrected chi connectivity index (χ1v) is 5.34. The summed E-state index contributed by atoms with van der Waals surface area (Å²) in [5.74, 6) is -2.41. The lowest BCUT2D eigenvalue weighted by molar-refractivity contribution is -0.129. The number of ketones is 1. The van der Waals surface area contributed by atoms with E-state index in [9.17, 15) is 13.6 Å². The van der Waals surface area contributed by atoms with Gasteiger partial charge < -0.3 is 0 Å². The standard InChI is InChI=1S/C11H19F2NO/c1-10(2,3)9(15)8-14-6-4-11(12,13)5-7-14/h4-8H2,1-3H3. The van der Waals surface area contributed by atoms with Crippen LogP contribution in [0.1, 0.15) is 33.6 Å². The van der Waals surface area contributed by atoms with Crippen LogP contribution in [0.2, 0.25) is 0 Å². The van der Waals surface area contributed by atoms with Crippen molar-refractivity contribution >= 4 is 5.78 Å². The lowest BCUT2D eigenvalue weighted by atomic mass is 9.90. The summed E-state index contributed by atoms with van der Waals surface area (Å²) < 4.78 is 25.7. The van der Waals surface area contributed by atoms with Crippen molar-refractivity contribution in [1.29, 1.82) is 0 Å². The van der Waals surface area contributed by atoms with Crippen molar-refractivity contribution in [2.45, 2.75) is 39.5 Å². The summed E-state index contributed by atoms with van der Waals surface area (Å²) in [6, 6.07) is 0. The van der Waals surface area contributed by atoms with Crippen LogP contribution in [0.25, 0.3) is 0 Å². The largest absolute Gasteiger partial charge is 0.298 e. The average molecular weight is 219 g/mol. The van der Waals surface area contributed by atoms with E-state index >= 15 is 0 Å². The van der Waals surface area contributed by atoms with Gasteiger partial charge in [-0.05, 0) is 0 Å². The fraction of sp³-hybridized carbons (Fsp3) is 0.909. The monoisotopic (exact) mass is 219 g/mol. The fourth-order valence-corrected chi connectivity index (χ4v) is 1.48. The molecule has 88 valence electrons. The molecule has 1 aliphatic rings. The Balaban J connectivity index is 2.40. The molecule has 0 amide bonds. The van der Waals surface area contributed by atoms with Gasteiger partial charge in [0.2, 0.25) is 0 Å². The molecule has 0 aromatic rings. The Bertz CT molecular complexity index is 235. The van der Waals surface area contributed by atoms with E-state index in [2.05, 4.69) is 0 Å². The zero-order valence-electron chi connectivity index (χ0n) is 9.65. The molecule has 0 aromatic heterocycles. The zero-order chi connectivity index (χ0) is 11.7. The molecule has 0 spiro atoms. The Labute approximate surface area is 89.6 Å². The molecule has 15 heavy (non-hydrogen) atoms. The Kier molecular flexibility index (Phi) is 3.48. The van der Waals surface area contributed by atoms with Crippen LogP contribution in [0, 0.1) is 5.41 Å². The summed E-state index contributed by atoms with van der Waals surface area (Å²) >= 11 is 0. The number of hydrogen-bond donors (Lipinski definition) is 0. The number of piperidine rings is 1. The van der Waals surface area contributed by atoms with E-state index in [0.717, 1.165) is 0 Å². The van der Waals surface area contributed by atoms with Gasteiger partial charge in [-0.25, -0.2) is 8.78 Å². The Morgan fingerprint density at radius 2 is 1.73 bits per heavy atom. The molecule has 1 aliphatic heterocycles. The van der Waals surface area contributed by atoms with Crippen LogP contribution in [0.5, 0.6) is 0 Å². The van der Waals surface area contributed by atoms with E-state index in [4.69, 9.17) is 0 Å². The van der Waals surface area contributed by atoms with Crippen molar-refractivity contribution < 1.29 is 13.6 Å². The van der Waals surface area contributed by atoms with Crippen LogP contribution in [0.3, 0.4) is 0 Å². The summed E-state index contributed by atoms with van der Waals surface area (Å²) in [7, 11) is 0. The third kappa shape index (κ3) is 3.86. The number of alkyl halides is 2. The van der Waals surface area contributed by atoms with Gasteiger partial charge >= 0.3 is 0 Å². The molecule has 0 atom stereocenters. The Hall–Kier alpha value is -0.510. The molecule has 0 saturated carbocycles. The number of rotatable bonds is 2. The molecule has 0 unspecified atom stereocenters. The van der Waals surface area contributed by atoms with E-state index in [1.807, 2.05) is 25.7 Å². The van der Waals surface area contributed by atoms with Gasteiger partial charge in [-0.1, -0.05) is 20.8 Å². The third-order valence-corrected chi connectivity index (χ3v) is 2.79. The zero-order valence-corrected chi connectivity index (χ0v) is 9.65. The Morgan fingerprint density at radius 3 is 2.13 bits per heavy atom. The van der Waals surface area contributed by atoms with Gasteiger partial charge in [0.1, 0.15) is 0 Å². The smallest absolute Gasteiger partial charge is 0.250 e. The maximum atomic E-state index is 12.8. The minimum Gasteiger partial charge on any atom is -0.298 e. The predicted molar refractivity (Wildman–Crippen MR) is 55.1 cm³/mol. The normalized spacial score (nSPS) is 22.7. The lowest BCUT2D eigenvalue weighted by Gasteiger charge is -2.32. The van der Waals surface area contributed by atoms with Gasteiger partial charge in [-0.15, -0.1) is 0 Å². The lowest BCUT2D eigenvalue weighted by Crippen LogP contribution is -2.43. The molecule has 0 bridgehead atoms. The molecule has 1 heterocycles. The number of halogens is 2. The van der Waals surface area contributed by atoms with Crippen LogP contribution in [-0.4, -0.2) is 36.2 Å². The molecule has 2 nitrogen and oxygen atoms in total. The first kappa shape index (κ1) is 12.6. The van der Waals surface area contributed by atoms with Crippen LogP contribution in [-0.2, 0) is 4.79 Å². The minimum absolute atomic E-state index is 0.118. The van der Waals surface area contributed by atoms with Gasteiger partial charge in [0.15, 0.2) is 5.78 Å². The topological polar surface area (TPSA) is 20.3 Å². The molecule has 0 aliphatic carbocycles. The first-order valence-electron chi connectivity index (χ1n) is 5.34. The Morgan fingerprint density at radius 1 is 1.27 bits per heavy atom. The van der Waals surface area contributed by atoms with Crippen molar-refractivity contribution in [3.63, 3.8) is 0 Å². The maximum Gasteiger partial charge on any atom is 0.250 e. The highest BCUT2D eigenvalue weighted by atomic mass is 19.3. The summed E-state index contributed by atoms with van der Waals surface area (Å²) in [6.07, 6.45) is -0.241. The number of hydrogen-bond acceptors (Lipinski definition) is 2. The summed E-state index contributed by atoms with van der Waals surface area (Å²) in [5.41, 5.74) is -0.375. The minimum atomic E-state index is -2.53. The number of Topliss-reactive ketones (excluding diaryl/α,β-unsaturated/α-hetero) is 1. The highest BCUT2D eigenvalue weighted by Crippen LogP contribution is 2.28. The molecule has 0 N–H and O–H groups in total. The van der Waals surface area contributed by atoms with Crippen LogP contribution in [0.4, 0.5) is 8.78 Å². The quantitative estimate of drug-likeness (QED) is 0.710. The fourth-order valence-electron chi connectivity index (χ4n) is 1.48. The van der Waals surface area contributed by atoms with E-state index in [-0.39, 0.29) is 24.0 Å². The second kappa shape index (κ2) is 4.16. The molecule has 0 radical (unpaired) electrons. The molecular formula is C11H19F2NO. The number of likely N-dealkylation sites (tertiary alicyclic amines) is 1. The van der Waals surface area contributed by atoms with E-state index in [1.165, 1.54) is 0 Å². The SMILES string of the molecule is CC(C)(C)C(=O)CN1CCC(F)(F)CC1. The second-order valence-corrected chi connectivity index (χ2v) is 5.31. The van der Waals surface area contributed by atoms with Gasteiger partial charge in [-0.2, -0.15) is 0 Å². The van der Waals surface area contributed by atoms with Gasteiger partial charge in [0, 0.05) is 31.3 Å². The third-order valence-electron chi connectivity index (χ3n) is 2.79. The number of carbonyl (C=O) groups is 1. The van der Waals surface area contributed by atoms with E-state index in [0.29, 0.717) is 19.6 Å². The highest BCUT2D eigenvalue weighted by Gasteiger charge is 2.35. The van der Waals surface area contributed by atoms with Crippen molar-refractivity contribution in [1.82, 2.24) is 4.90 Å². The van der Waals surface area contributed by atoms with Gasteiger partial charge in [0.05, 0.1) is 6.54 Å². The van der Waals surface area contributed by atoms with Crippen LogP contribution >= 0.6 is 0 Å². The van der Waals surface area contributed by atoms with Crippen molar-refractivity contribution in [3.8, 4) is 0 Å².